The van der Waals surface area contributed by atoms with Gasteiger partial charge in [0.15, 0.2) is 5.82 Å². The summed E-state index contributed by atoms with van der Waals surface area (Å²) in [6.45, 7) is 11.6. The Morgan fingerprint density at radius 2 is 1.66 bits per heavy atom. The van der Waals surface area contributed by atoms with Crippen molar-refractivity contribution in [2.75, 3.05) is 49.1 Å². The third-order valence-electron chi connectivity index (χ3n) is 14.2. The molecule has 6 heterocycles. The SMILES string of the molecule is CC1(Oc2ccc3[nH]nc(-c4cc(N5CCC(OC6CCC(CN7CCN(c8ccc9c(c8F)CN(C8CCC(=O)NC8=O)C9=O)CC7(C)C)CC6)CC5)ncn4)c3c2)CC1. The van der Waals surface area contributed by atoms with Gasteiger partial charge in [0, 0.05) is 73.8 Å². The van der Waals surface area contributed by atoms with Gasteiger partial charge in [0.25, 0.3) is 5.91 Å². The predicted octanol–water partition coefficient (Wildman–Crippen LogP) is 6.00. The van der Waals surface area contributed by atoms with Crippen LogP contribution >= 0.6 is 0 Å². The Morgan fingerprint density at radius 3 is 2.41 bits per heavy atom. The maximum Gasteiger partial charge on any atom is 0.255 e. The summed E-state index contributed by atoms with van der Waals surface area (Å²) in [5.74, 6) is 0.773. The zero-order chi connectivity index (χ0) is 42.0. The number of carbonyl (C=O) groups excluding carboxylic acids is 3. The van der Waals surface area contributed by atoms with Gasteiger partial charge in [-0.25, -0.2) is 14.4 Å². The fourth-order valence-electron chi connectivity index (χ4n) is 10.3. The summed E-state index contributed by atoms with van der Waals surface area (Å²) in [4.78, 5) is 55.1. The number of nitrogens with one attached hydrogen (secondary N) is 2. The molecule has 0 bridgehead atoms. The zero-order valence-corrected chi connectivity index (χ0v) is 35.4. The number of halogens is 1. The van der Waals surface area contributed by atoms with E-state index in [0.29, 0.717) is 35.8 Å². The van der Waals surface area contributed by atoms with Crippen LogP contribution in [0.1, 0.15) is 101 Å². The Hall–Kier alpha value is -5.15. The predicted molar refractivity (Wildman–Crippen MR) is 228 cm³/mol. The molecule has 0 radical (unpaired) electrons. The van der Waals surface area contributed by atoms with E-state index in [9.17, 15) is 14.4 Å². The van der Waals surface area contributed by atoms with Crippen molar-refractivity contribution in [3.05, 3.63) is 59.7 Å². The molecule has 3 saturated heterocycles. The van der Waals surface area contributed by atoms with Crippen LogP contribution in [0.15, 0.2) is 42.7 Å². The quantitative estimate of drug-likeness (QED) is 0.182. The van der Waals surface area contributed by atoms with Crippen LogP contribution in [-0.4, -0.2) is 116 Å². The van der Waals surface area contributed by atoms with E-state index in [1.807, 2.05) is 18.2 Å². The first kappa shape index (κ1) is 40.0. The largest absolute Gasteiger partial charge is 0.488 e. The highest BCUT2D eigenvalue weighted by molar-refractivity contribution is 6.05. The molecule has 4 aromatic rings. The Labute approximate surface area is 355 Å². The van der Waals surface area contributed by atoms with E-state index < -0.39 is 11.9 Å². The summed E-state index contributed by atoms with van der Waals surface area (Å²) in [6.07, 6.45) is 11.1. The van der Waals surface area contributed by atoms with E-state index in [1.165, 1.54) is 4.90 Å². The zero-order valence-electron chi connectivity index (χ0n) is 35.4. The summed E-state index contributed by atoms with van der Waals surface area (Å²) < 4.78 is 29.2. The van der Waals surface area contributed by atoms with Crippen LogP contribution in [-0.2, 0) is 20.9 Å². The Kier molecular flexibility index (Phi) is 10.2. The maximum absolute atomic E-state index is 16.2. The van der Waals surface area contributed by atoms with E-state index >= 15 is 4.39 Å². The van der Waals surface area contributed by atoms with Gasteiger partial charge in [-0.1, -0.05) is 0 Å². The molecule has 1 atom stereocenters. The number of aromatic amines is 1. The first-order valence-corrected chi connectivity index (χ1v) is 22.3. The van der Waals surface area contributed by atoms with Crippen LogP contribution in [0.4, 0.5) is 15.9 Å². The van der Waals surface area contributed by atoms with Crippen LogP contribution in [0.5, 0.6) is 5.75 Å². The Morgan fingerprint density at radius 1 is 0.869 bits per heavy atom. The van der Waals surface area contributed by atoms with Gasteiger partial charge in [-0.05, 0) is 115 Å². The number of nitrogens with zero attached hydrogens (tertiary/aromatic N) is 7. The van der Waals surface area contributed by atoms with Crippen LogP contribution in [0.2, 0.25) is 0 Å². The lowest BCUT2D eigenvalue weighted by atomic mass is 9.85. The van der Waals surface area contributed by atoms with E-state index in [2.05, 4.69) is 67.0 Å². The topological polar surface area (TPSA) is 149 Å². The normalized spacial score (nSPS) is 25.5. The third-order valence-corrected chi connectivity index (χ3v) is 14.2. The van der Waals surface area contributed by atoms with Crippen molar-refractivity contribution < 1.29 is 28.2 Å². The van der Waals surface area contributed by atoms with Gasteiger partial charge in [-0.15, -0.1) is 0 Å². The number of anilines is 2. The van der Waals surface area contributed by atoms with Crippen molar-refractivity contribution in [3.8, 4) is 17.1 Å². The number of rotatable bonds is 10. The minimum absolute atomic E-state index is 0.0291. The fourth-order valence-corrected chi connectivity index (χ4v) is 10.3. The van der Waals surface area contributed by atoms with Crippen molar-refractivity contribution in [2.24, 2.45) is 5.92 Å². The number of piperidine rings is 2. The van der Waals surface area contributed by atoms with Gasteiger partial charge >= 0.3 is 0 Å². The monoisotopic (exact) mass is 833 g/mol. The van der Waals surface area contributed by atoms with Crippen molar-refractivity contribution in [1.29, 1.82) is 0 Å². The highest BCUT2D eigenvalue weighted by atomic mass is 19.1. The van der Waals surface area contributed by atoms with E-state index in [0.717, 1.165) is 111 Å². The molecule has 14 nitrogen and oxygen atoms in total. The molecule has 0 spiro atoms. The molecular formula is C46H56FN9O5. The van der Waals surface area contributed by atoms with Crippen LogP contribution < -0.4 is 19.9 Å². The first-order valence-electron chi connectivity index (χ1n) is 22.3. The molecule has 322 valence electrons. The molecule has 4 aliphatic heterocycles. The molecule has 15 heteroatoms. The summed E-state index contributed by atoms with van der Waals surface area (Å²) in [6, 6.07) is 10.8. The lowest BCUT2D eigenvalue weighted by Crippen LogP contribution is -2.60. The van der Waals surface area contributed by atoms with Crippen molar-refractivity contribution >= 4 is 40.1 Å². The number of hydrogen-bond acceptors (Lipinski definition) is 11. The molecule has 1 unspecified atom stereocenters. The summed E-state index contributed by atoms with van der Waals surface area (Å²) in [5.41, 5.74) is 3.45. The van der Waals surface area contributed by atoms with E-state index in [1.54, 1.807) is 18.5 Å². The average Bonchev–Trinajstić information content (AvgIpc) is 3.66. The second-order valence-corrected chi connectivity index (χ2v) is 19.1. The molecular weight excluding hydrogens is 778 g/mol. The maximum atomic E-state index is 16.2. The molecule has 5 fully saturated rings. The number of imide groups is 1. The molecule has 3 amide bonds. The van der Waals surface area contributed by atoms with Crippen LogP contribution in [0.3, 0.4) is 0 Å². The molecule has 61 heavy (non-hydrogen) atoms. The number of H-pyrrole nitrogens is 1. The minimum Gasteiger partial charge on any atom is -0.488 e. The summed E-state index contributed by atoms with van der Waals surface area (Å²) in [7, 11) is 0. The molecule has 2 saturated carbocycles. The van der Waals surface area contributed by atoms with Crippen LogP contribution in [0, 0.1) is 11.7 Å². The molecule has 2 N–H and O–H groups in total. The number of piperazine rings is 1. The van der Waals surface area contributed by atoms with Gasteiger partial charge in [-0.2, -0.15) is 5.10 Å². The molecule has 2 aromatic heterocycles. The van der Waals surface area contributed by atoms with Crippen LogP contribution in [0.25, 0.3) is 22.3 Å². The molecule has 2 aromatic carbocycles. The third kappa shape index (κ3) is 7.95. The van der Waals surface area contributed by atoms with Gasteiger partial charge < -0.3 is 24.2 Å². The van der Waals surface area contributed by atoms with E-state index in [-0.39, 0.29) is 60.4 Å². The van der Waals surface area contributed by atoms with Crippen molar-refractivity contribution in [1.82, 2.24) is 35.3 Å². The number of aromatic nitrogens is 4. The number of fused-ring (bicyclic) bond motifs is 2. The average molecular weight is 834 g/mol. The van der Waals surface area contributed by atoms with E-state index in [4.69, 9.17) is 9.47 Å². The summed E-state index contributed by atoms with van der Waals surface area (Å²) in [5, 5.41) is 11.1. The Bertz CT molecular complexity index is 2350. The highest BCUT2D eigenvalue weighted by Crippen LogP contribution is 2.41. The molecule has 2 aliphatic carbocycles. The lowest BCUT2D eigenvalue weighted by Gasteiger charge is -2.49. The van der Waals surface area contributed by atoms with Gasteiger partial charge in [0.05, 0.1) is 35.7 Å². The molecule has 10 rings (SSSR count). The van der Waals surface area contributed by atoms with Gasteiger partial charge in [0.2, 0.25) is 11.8 Å². The highest BCUT2D eigenvalue weighted by Gasteiger charge is 2.43. The smallest absolute Gasteiger partial charge is 0.255 e. The second kappa shape index (κ2) is 15.6. The number of hydrogen-bond donors (Lipinski definition) is 2. The minimum atomic E-state index is -0.768. The van der Waals surface area contributed by atoms with Crippen molar-refractivity contribution in [3.63, 3.8) is 0 Å². The second-order valence-electron chi connectivity index (χ2n) is 19.1. The van der Waals surface area contributed by atoms with Crippen molar-refractivity contribution in [2.45, 2.75) is 121 Å². The standard InChI is InChI=1S/C46H56FN9O5/c1-45(2)26-54(37-11-9-32-34(41(37)47)25-56(44(32)59)38-12-13-40(57)50-43(38)58)20-21-55(45)24-28-4-6-29(7-5-28)60-30-14-18-53(19-15-30)39-23-36(48-27-49-39)42-33-22-31(61-46(3)16-17-46)8-10-35(33)51-52-42/h8-11,22-23,27-30,38H,4-7,12-21,24-26H2,1-3H3,(H,51,52)(H,50,57,58). The number of benzene rings is 2. The lowest BCUT2D eigenvalue weighted by molar-refractivity contribution is -0.136. The summed E-state index contributed by atoms with van der Waals surface area (Å²) >= 11 is 0. The Balaban J connectivity index is 0.690. The number of carbonyl (C=O) groups is 3. The fraction of sp³-hybridized carbons (Fsp3) is 0.565. The first-order chi connectivity index (χ1) is 29.4. The van der Waals surface area contributed by atoms with Gasteiger partial charge in [0.1, 0.15) is 35.2 Å². The number of ether oxygens (including phenoxy) is 2. The molecule has 6 aliphatic rings. The number of amides is 3. The van der Waals surface area contributed by atoms with Gasteiger partial charge in [-0.3, -0.25) is 29.7 Å².